The zero-order chi connectivity index (χ0) is 16.3. The van der Waals surface area contributed by atoms with Crippen LogP contribution in [0, 0.1) is 5.41 Å². The fraction of sp³-hybridized carbons (Fsp3) is 0.316. The summed E-state index contributed by atoms with van der Waals surface area (Å²) in [6, 6.07) is 16.9. The number of nitrogens with two attached hydrogens (primary N) is 1. The van der Waals surface area contributed by atoms with Gasteiger partial charge in [0.15, 0.2) is 0 Å². The number of nitrogens with zero attached hydrogens (tertiary/aromatic N) is 1. The molecule has 1 saturated heterocycles. The van der Waals surface area contributed by atoms with Crippen molar-refractivity contribution in [1.82, 2.24) is 4.90 Å². The van der Waals surface area contributed by atoms with Gasteiger partial charge in [0, 0.05) is 18.7 Å². The third-order valence-electron chi connectivity index (χ3n) is 4.40. The molecule has 0 aromatic heterocycles. The molecule has 0 spiro atoms. The number of para-hydroxylation sites is 1. The Labute approximate surface area is 136 Å². The van der Waals surface area contributed by atoms with Gasteiger partial charge in [-0.1, -0.05) is 31.2 Å². The van der Waals surface area contributed by atoms with E-state index in [2.05, 4.69) is 6.92 Å². The van der Waals surface area contributed by atoms with Gasteiger partial charge < -0.3 is 15.4 Å². The summed E-state index contributed by atoms with van der Waals surface area (Å²) in [4.78, 5) is 14.6. The van der Waals surface area contributed by atoms with Crippen molar-refractivity contribution in [3.63, 3.8) is 0 Å². The van der Waals surface area contributed by atoms with Crippen molar-refractivity contribution in [2.75, 3.05) is 19.6 Å². The Hall–Kier alpha value is -2.33. The second kappa shape index (κ2) is 6.42. The van der Waals surface area contributed by atoms with Crippen LogP contribution in [0.4, 0.5) is 0 Å². The van der Waals surface area contributed by atoms with Crippen molar-refractivity contribution >= 4 is 5.91 Å². The van der Waals surface area contributed by atoms with E-state index in [1.54, 1.807) is 6.07 Å². The smallest absolute Gasteiger partial charge is 0.254 e. The number of hydrogen-bond acceptors (Lipinski definition) is 3. The highest BCUT2D eigenvalue weighted by Gasteiger charge is 2.35. The number of rotatable bonds is 4. The average Bonchev–Trinajstić information content (AvgIpc) is 2.98. The highest BCUT2D eigenvalue weighted by atomic mass is 16.5. The Morgan fingerprint density at radius 3 is 2.61 bits per heavy atom. The molecule has 1 unspecified atom stereocenters. The largest absolute Gasteiger partial charge is 0.457 e. The molecule has 0 aliphatic carbocycles. The van der Waals surface area contributed by atoms with Gasteiger partial charge in [-0.15, -0.1) is 0 Å². The fourth-order valence-electron chi connectivity index (χ4n) is 2.86. The van der Waals surface area contributed by atoms with Crippen LogP contribution in [0.25, 0.3) is 0 Å². The maximum atomic E-state index is 12.7. The summed E-state index contributed by atoms with van der Waals surface area (Å²) in [7, 11) is 0. The van der Waals surface area contributed by atoms with E-state index in [1.165, 1.54) is 0 Å². The third-order valence-corrected chi connectivity index (χ3v) is 4.40. The van der Waals surface area contributed by atoms with Crippen LogP contribution < -0.4 is 10.5 Å². The maximum absolute atomic E-state index is 12.7. The van der Waals surface area contributed by atoms with Gasteiger partial charge in [-0.05, 0) is 48.7 Å². The van der Waals surface area contributed by atoms with Crippen molar-refractivity contribution < 1.29 is 9.53 Å². The molecule has 1 fully saturated rings. The molecule has 1 aliphatic heterocycles. The zero-order valence-corrected chi connectivity index (χ0v) is 13.4. The monoisotopic (exact) mass is 310 g/mol. The minimum absolute atomic E-state index is 0.0355. The molecule has 2 aromatic carbocycles. The van der Waals surface area contributed by atoms with Crippen LogP contribution in [0.2, 0.25) is 0 Å². The van der Waals surface area contributed by atoms with Gasteiger partial charge in [-0.2, -0.15) is 0 Å². The number of likely N-dealkylation sites (tertiary alicyclic amines) is 1. The number of amides is 1. The number of benzene rings is 2. The minimum atomic E-state index is 0.0355. The first-order chi connectivity index (χ1) is 11.1. The van der Waals surface area contributed by atoms with E-state index in [-0.39, 0.29) is 11.3 Å². The molecule has 0 bridgehead atoms. The van der Waals surface area contributed by atoms with Gasteiger partial charge >= 0.3 is 0 Å². The Morgan fingerprint density at radius 2 is 1.91 bits per heavy atom. The lowest BCUT2D eigenvalue weighted by atomic mass is 9.90. The van der Waals surface area contributed by atoms with Crippen LogP contribution in [0.3, 0.4) is 0 Å². The molecule has 1 heterocycles. The Morgan fingerprint density at radius 1 is 1.17 bits per heavy atom. The van der Waals surface area contributed by atoms with Crippen LogP contribution in [0.5, 0.6) is 11.5 Å². The molecule has 1 aliphatic rings. The number of carbonyl (C=O) groups is 1. The van der Waals surface area contributed by atoms with E-state index in [1.807, 2.05) is 53.4 Å². The van der Waals surface area contributed by atoms with E-state index in [9.17, 15) is 4.79 Å². The molecule has 23 heavy (non-hydrogen) atoms. The summed E-state index contributed by atoms with van der Waals surface area (Å²) in [5, 5.41) is 0. The van der Waals surface area contributed by atoms with Gasteiger partial charge in [-0.25, -0.2) is 0 Å². The molecule has 0 radical (unpaired) electrons. The molecular weight excluding hydrogens is 288 g/mol. The lowest BCUT2D eigenvalue weighted by Crippen LogP contribution is -2.34. The van der Waals surface area contributed by atoms with Crippen molar-refractivity contribution in [3.8, 4) is 11.5 Å². The summed E-state index contributed by atoms with van der Waals surface area (Å²) in [6.45, 7) is 4.21. The molecule has 120 valence electrons. The van der Waals surface area contributed by atoms with E-state index in [0.29, 0.717) is 24.4 Å². The van der Waals surface area contributed by atoms with Crippen LogP contribution in [0.1, 0.15) is 23.7 Å². The number of hydrogen-bond donors (Lipinski definition) is 1. The lowest BCUT2D eigenvalue weighted by Gasteiger charge is -2.22. The third kappa shape index (κ3) is 3.54. The number of ether oxygens (including phenoxy) is 1. The van der Waals surface area contributed by atoms with Crippen LogP contribution in [0.15, 0.2) is 54.6 Å². The summed E-state index contributed by atoms with van der Waals surface area (Å²) >= 11 is 0. The Kier molecular flexibility index (Phi) is 4.35. The summed E-state index contributed by atoms with van der Waals surface area (Å²) in [5.74, 6) is 1.47. The summed E-state index contributed by atoms with van der Waals surface area (Å²) in [5.41, 5.74) is 6.51. The standard InChI is InChI=1S/C19H22N2O2/c1-19(13-20)10-11-21(14-19)18(22)15-6-5-9-17(12-15)23-16-7-3-2-4-8-16/h2-9,12H,10-11,13-14,20H2,1H3. The average molecular weight is 310 g/mol. The molecule has 3 rings (SSSR count). The molecule has 4 heteroatoms. The van der Waals surface area contributed by atoms with Gasteiger partial charge in [0.2, 0.25) is 0 Å². The lowest BCUT2D eigenvalue weighted by molar-refractivity contribution is 0.0776. The van der Waals surface area contributed by atoms with Crippen molar-refractivity contribution in [3.05, 3.63) is 60.2 Å². The van der Waals surface area contributed by atoms with Crippen molar-refractivity contribution in [1.29, 1.82) is 0 Å². The first kappa shape index (κ1) is 15.6. The molecule has 2 N–H and O–H groups in total. The predicted molar refractivity (Wildman–Crippen MR) is 90.6 cm³/mol. The molecule has 4 nitrogen and oxygen atoms in total. The number of carbonyl (C=O) groups excluding carboxylic acids is 1. The summed E-state index contributed by atoms with van der Waals surface area (Å²) in [6.07, 6.45) is 0.954. The van der Waals surface area contributed by atoms with Gasteiger partial charge in [0.1, 0.15) is 11.5 Å². The highest BCUT2D eigenvalue weighted by molar-refractivity contribution is 5.94. The second-order valence-electron chi connectivity index (χ2n) is 6.43. The van der Waals surface area contributed by atoms with E-state index >= 15 is 0 Å². The molecular formula is C19H22N2O2. The van der Waals surface area contributed by atoms with Gasteiger partial charge in [0.05, 0.1) is 0 Å². The summed E-state index contributed by atoms with van der Waals surface area (Å²) < 4.78 is 5.80. The topological polar surface area (TPSA) is 55.6 Å². The highest BCUT2D eigenvalue weighted by Crippen LogP contribution is 2.30. The van der Waals surface area contributed by atoms with Crippen LogP contribution in [-0.4, -0.2) is 30.4 Å². The fourth-order valence-corrected chi connectivity index (χ4v) is 2.86. The van der Waals surface area contributed by atoms with E-state index in [0.717, 1.165) is 18.7 Å². The molecule has 2 aromatic rings. The normalized spacial score (nSPS) is 20.5. The molecule has 1 atom stereocenters. The molecule has 1 amide bonds. The predicted octanol–water partition coefficient (Wildman–Crippen LogP) is 3.29. The van der Waals surface area contributed by atoms with Crippen LogP contribution >= 0.6 is 0 Å². The van der Waals surface area contributed by atoms with Crippen molar-refractivity contribution in [2.24, 2.45) is 11.1 Å². The zero-order valence-electron chi connectivity index (χ0n) is 13.4. The van der Waals surface area contributed by atoms with E-state index in [4.69, 9.17) is 10.5 Å². The quantitative estimate of drug-likeness (QED) is 0.943. The Bertz CT molecular complexity index is 687. The minimum Gasteiger partial charge on any atom is -0.457 e. The van der Waals surface area contributed by atoms with Gasteiger partial charge in [-0.3, -0.25) is 4.79 Å². The molecule has 0 saturated carbocycles. The second-order valence-corrected chi connectivity index (χ2v) is 6.43. The van der Waals surface area contributed by atoms with Gasteiger partial charge in [0.25, 0.3) is 5.91 Å². The SMILES string of the molecule is CC1(CN)CCN(C(=O)c2cccc(Oc3ccccc3)c2)C1. The van der Waals surface area contributed by atoms with Crippen molar-refractivity contribution in [2.45, 2.75) is 13.3 Å². The first-order valence-corrected chi connectivity index (χ1v) is 7.92. The first-order valence-electron chi connectivity index (χ1n) is 7.92. The Balaban J connectivity index is 1.74. The van der Waals surface area contributed by atoms with Crippen LogP contribution in [-0.2, 0) is 0 Å². The van der Waals surface area contributed by atoms with E-state index < -0.39 is 0 Å². The maximum Gasteiger partial charge on any atom is 0.254 e.